The van der Waals surface area contributed by atoms with Crippen molar-refractivity contribution in [2.24, 2.45) is 10.1 Å². The predicted octanol–water partition coefficient (Wildman–Crippen LogP) is 6.52. The van der Waals surface area contributed by atoms with Crippen LogP contribution in [0.15, 0.2) is 57.8 Å². The van der Waals surface area contributed by atoms with Crippen molar-refractivity contribution in [3.8, 4) is 16.9 Å². The Hall–Kier alpha value is -4.62. The number of unbranched alkanes of at least 4 members (excludes halogenated alkanes) is 1. The van der Waals surface area contributed by atoms with Gasteiger partial charge in [0.25, 0.3) is 10.0 Å². The van der Waals surface area contributed by atoms with Gasteiger partial charge < -0.3 is 25.6 Å². The highest BCUT2D eigenvalue weighted by atomic mass is 32.2. The molecule has 0 saturated carbocycles. The van der Waals surface area contributed by atoms with Crippen molar-refractivity contribution in [3.05, 3.63) is 81.9 Å². The SMILES string of the molecule is Cc1c(C)c(S(=O)(=O)N=C(N)N(CCCC[C@H](NC(=O)OCC2c3ccccc3-c3ccccc32)C(=O)O)OC(C)(C)C)c(C)c2c1OC(C)(C)C2. The van der Waals surface area contributed by atoms with E-state index < -0.39 is 39.3 Å². The zero-order chi connectivity index (χ0) is 38.2. The van der Waals surface area contributed by atoms with E-state index in [1.807, 2.05) is 69.3 Å². The monoisotopic (exact) mass is 734 g/mol. The standard InChI is InChI=1S/C39H50N4O8S/c1-23-24(2)34(25(3)30-21-39(7,8)50-33(23)30)52(47,48)42-36(40)43(51-38(4,5)6)20-14-13-19-32(35(44)45)41-37(46)49-22-31-28-17-11-9-15-26(28)27-16-10-12-18-29(27)31/h9-12,15-18,31-32H,13-14,19-22H2,1-8H3,(H2,40,42)(H,41,46)(H,44,45)/t32-/m0/s1. The molecule has 0 saturated heterocycles. The molecular formula is C39H50N4O8S. The molecule has 52 heavy (non-hydrogen) atoms. The number of amides is 1. The summed E-state index contributed by atoms with van der Waals surface area (Å²) in [5.41, 5.74) is 12.1. The Kier molecular flexibility index (Phi) is 11.0. The quantitative estimate of drug-likeness (QED) is 0.0806. The van der Waals surface area contributed by atoms with Crippen LogP contribution in [0.25, 0.3) is 11.1 Å². The molecule has 1 aliphatic carbocycles. The van der Waals surface area contributed by atoms with E-state index in [2.05, 4.69) is 9.71 Å². The van der Waals surface area contributed by atoms with Gasteiger partial charge in [-0.3, -0.25) is 4.84 Å². The summed E-state index contributed by atoms with van der Waals surface area (Å²) >= 11 is 0. The largest absolute Gasteiger partial charge is 0.487 e. The topological polar surface area (TPSA) is 170 Å². The molecule has 13 heteroatoms. The van der Waals surface area contributed by atoms with Crippen molar-refractivity contribution in [3.63, 3.8) is 0 Å². The average molecular weight is 735 g/mol. The van der Waals surface area contributed by atoms with Gasteiger partial charge in [0.15, 0.2) is 0 Å². The molecule has 3 aromatic rings. The molecule has 0 aromatic heterocycles. The van der Waals surface area contributed by atoms with Crippen molar-refractivity contribution < 1.29 is 37.4 Å². The maximum atomic E-state index is 13.8. The van der Waals surface area contributed by atoms with Gasteiger partial charge in [0.1, 0.15) is 24.0 Å². The van der Waals surface area contributed by atoms with Gasteiger partial charge in [-0.15, -0.1) is 4.40 Å². The number of hydrogen-bond donors (Lipinski definition) is 3. The number of carboxylic acids is 1. The van der Waals surface area contributed by atoms with Crippen molar-refractivity contribution in [2.75, 3.05) is 13.2 Å². The van der Waals surface area contributed by atoms with E-state index in [1.54, 1.807) is 34.6 Å². The Morgan fingerprint density at radius 1 is 1.02 bits per heavy atom. The van der Waals surface area contributed by atoms with E-state index in [9.17, 15) is 23.1 Å². The number of aliphatic carboxylic acids is 1. The van der Waals surface area contributed by atoms with Crippen LogP contribution in [-0.4, -0.2) is 67.0 Å². The minimum atomic E-state index is -4.27. The van der Waals surface area contributed by atoms with Gasteiger partial charge in [-0.25, -0.2) is 14.7 Å². The van der Waals surface area contributed by atoms with Gasteiger partial charge in [-0.2, -0.15) is 8.42 Å². The van der Waals surface area contributed by atoms with E-state index in [4.69, 9.17) is 20.0 Å². The Morgan fingerprint density at radius 2 is 1.62 bits per heavy atom. The normalized spacial score (nSPS) is 15.7. The maximum Gasteiger partial charge on any atom is 0.407 e. The van der Waals surface area contributed by atoms with E-state index in [-0.39, 0.29) is 36.3 Å². The number of nitrogens with zero attached hydrogens (tertiary/aromatic N) is 2. The molecule has 4 N–H and O–H groups in total. The Labute approximate surface area is 306 Å². The number of sulfonamides is 1. The lowest BCUT2D eigenvalue weighted by Crippen LogP contribution is -2.44. The highest BCUT2D eigenvalue weighted by Gasteiger charge is 2.37. The number of carbonyl (C=O) groups is 2. The second-order valence-corrected chi connectivity index (χ2v) is 16.7. The third-order valence-corrected chi connectivity index (χ3v) is 11.0. The molecule has 0 unspecified atom stereocenters. The van der Waals surface area contributed by atoms with Gasteiger partial charge in [0.2, 0.25) is 5.96 Å². The molecular weight excluding hydrogens is 685 g/mol. The van der Waals surface area contributed by atoms with E-state index in [0.29, 0.717) is 36.1 Å². The number of hydrogen-bond acceptors (Lipinski definition) is 7. The summed E-state index contributed by atoms with van der Waals surface area (Å²) in [6.07, 6.45) is 0.511. The molecule has 12 nitrogen and oxygen atoms in total. The van der Waals surface area contributed by atoms with Crippen LogP contribution in [0.4, 0.5) is 4.79 Å². The summed E-state index contributed by atoms with van der Waals surface area (Å²) in [7, 11) is -4.27. The number of nitrogens with one attached hydrogen (secondary N) is 1. The van der Waals surface area contributed by atoms with Gasteiger partial charge in [-0.05, 0) is 114 Å². The molecule has 1 amide bonds. The Morgan fingerprint density at radius 3 is 2.19 bits per heavy atom. The smallest absolute Gasteiger partial charge is 0.407 e. The molecule has 280 valence electrons. The van der Waals surface area contributed by atoms with Gasteiger partial charge in [-0.1, -0.05) is 48.5 Å². The summed E-state index contributed by atoms with van der Waals surface area (Å²) in [6.45, 7) is 14.8. The van der Waals surface area contributed by atoms with Crippen LogP contribution in [0.3, 0.4) is 0 Å². The van der Waals surface area contributed by atoms with Crippen LogP contribution in [-0.2, 0) is 30.8 Å². The molecule has 2 aliphatic rings. The minimum Gasteiger partial charge on any atom is -0.487 e. The van der Waals surface area contributed by atoms with Crippen molar-refractivity contribution >= 4 is 28.0 Å². The third kappa shape index (κ3) is 8.36. The molecule has 1 heterocycles. The van der Waals surface area contributed by atoms with Gasteiger partial charge in [0, 0.05) is 24.4 Å². The first kappa shape index (κ1) is 38.6. The summed E-state index contributed by atoms with van der Waals surface area (Å²) in [5.74, 6) is -1.00. The number of carbonyl (C=O) groups excluding carboxylic acids is 1. The predicted molar refractivity (Wildman–Crippen MR) is 199 cm³/mol. The molecule has 1 atom stereocenters. The molecule has 3 aromatic carbocycles. The molecule has 0 radical (unpaired) electrons. The highest BCUT2D eigenvalue weighted by molar-refractivity contribution is 7.90. The van der Waals surface area contributed by atoms with Crippen LogP contribution in [0, 0.1) is 20.8 Å². The number of alkyl carbamates (subject to hydrolysis) is 1. The van der Waals surface area contributed by atoms with E-state index >= 15 is 0 Å². The number of fused-ring (bicyclic) bond motifs is 4. The number of guanidine groups is 1. The zero-order valence-electron chi connectivity index (χ0n) is 31.2. The fourth-order valence-corrected chi connectivity index (χ4v) is 8.51. The fourth-order valence-electron chi connectivity index (χ4n) is 7.03. The van der Waals surface area contributed by atoms with Crippen LogP contribution in [0.5, 0.6) is 5.75 Å². The second kappa shape index (κ2) is 14.8. The Bertz CT molecular complexity index is 1960. The van der Waals surface area contributed by atoms with Crippen molar-refractivity contribution in [1.82, 2.24) is 10.4 Å². The first-order chi connectivity index (χ1) is 24.3. The number of benzene rings is 3. The average Bonchev–Trinajstić information content (AvgIpc) is 3.56. The van der Waals surface area contributed by atoms with Crippen LogP contribution in [0.1, 0.15) is 93.2 Å². The first-order valence-electron chi connectivity index (χ1n) is 17.5. The Balaban J connectivity index is 1.22. The van der Waals surface area contributed by atoms with Crippen molar-refractivity contribution in [2.45, 2.75) is 109 Å². The number of nitrogens with two attached hydrogens (primary N) is 1. The summed E-state index contributed by atoms with van der Waals surface area (Å²) in [6, 6.07) is 14.7. The first-order valence-corrected chi connectivity index (χ1v) is 19.0. The highest BCUT2D eigenvalue weighted by Crippen LogP contribution is 2.45. The maximum absolute atomic E-state index is 13.8. The van der Waals surface area contributed by atoms with Crippen LogP contribution >= 0.6 is 0 Å². The molecule has 5 rings (SSSR count). The minimum absolute atomic E-state index is 0.0582. The lowest BCUT2D eigenvalue weighted by Gasteiger charge is -2.30. The van der Waals surface area contributed by atoms with E-state index in [1.165, 1.54) is 5.06 Å². The summed E-state index contributed by atoms with van der Waals surface area (Å²) in [4.78, 5) is 31.0. The molecule has 0 fully saturated rings. The number of hydroxylamine groups is 2. The van der Waals surface area contributed by atoms with Crippen molar-refractivity contribution in [1.29, 1.82) is 0 Å². The summed E-state index contributed by atoms with van der Waals surface area (Å²) < 4.78 is 43.3. The number of rotatable bonds is 12. The third-order valence-electron chi connectivity index (χ3n) is 9.44. The second-order valence-electron chi connectivity index (χ2n) is 15.1. The lowest BCUT2D eigenvalue weighted by atomic mass is 9.94. The lowest BCUT2D eigenvalue weighted by molar-refractivity contribution is -0.183. The summed E-state index contributed by atoms with van der Waals surface area (Å²) in [5, 5.41) is 13.6. The van der Waals surface area contributed by atoms with Crippen LogP contribution < -0.4 is 15.8 Å². The van der Waals surface area contributed by atoms with Gasteiger partial charge in [0.05, 0.1) is 10.5 Å². The van der Waals surface area contributed by atoms with E-state index in [0.717, 1.165) is 33.4 Å². The number of carboxylic acid groups (broad SMARTS) is 1. The molecule has 0 bridgehead atoms. The van der Waals surface area contributed by atoms with Gasteiger partial charge >= 0.3 is 12.1 Å². The fraction of sp³-hybridized carbons (Fsp3) is 0.462. The van der Waals surface area contributed by atoms with Crippen LogP contribution in [0.2, 0.25) is 0 Å². The molecule has 0 spiro atoms. The zero-order valence-corrected chi connectivity index (χ0v) is 32.0. The molecule has 1 aliphatic heterocycles. The number of ether oxygens (including phenoxy) is 2.